The van der Waals surface area contributed by atoms with E-state index in [-0.39, 0.29) is 5.41 Å². The lowest BCUT2D eigenvalue weighted by molar-refractivity contribution is 0.416. The van der Waals surface area contributed by atoms with Crippen LogP contribution in [-0.2, 0) is 12.5 Å². The Labute approximate surface area is 102 Å². The zero-order chi connectivity index (χ0) is 12.8. The summed E-state index contributed by atoms with van der Waals surface area (Å²) in [6.07, 6.45) is 0. The van der Waals surface area contributed by atoms with E-state index in [1.807, 2.05) is 24.7 Å². The van der Waals surface area contributed by atoms with Gasteiger partial charge in [0.1, 0.15) is 5.75 Å². The van der Waals surface area contributed by atoms with Crippen LogP contribution < -0.4 is 4.74 Å². The molecule has 0 unspecified atom stereocenters. The minimum atomic E-state index is -0.000352. The van der Waals surface area contributed by atoms with Crippen molar-refractivity contribution in [1.29, 1.82) is 0 Å². The van der Waals surface area contributed by atoms with E-state index in [0.29, 0.717) is 0 Å². The second kappa shape index (κ2) is 3.72. The number of hydrogen-bond acceptors (Lipinski definition) is 3. The monoisotopic (exact) mass is 233 g/mol. The third-order valence-electron chi connectivity index (χ3n) is 2.92. The van der Waals surface area contributed by atoms with Crippen LogP contribution in [0.3, 0.4) is 0 Å². The molecule has 0 aromatic carbocycles. The molecule has 2 aromatic heterocycles. The first-order chi connectivity index (χ1) is 7.84. The van der Waals surface area contributed by atoms with Gasteiger partial charge in [-0.2, -0.15) is 5.10 Å². The summed E-state index contributed by atoms with van der Waals surface area (Å²) in [4.78, 5) is 4.70. The third-order valence-corrected chi connectivity index (χ3v) is 2.92. The van der Waals surface area contributed by atoms with Crippen LogP contribution in [0.2, 0.25) is 0 Å². The molecule has 0 radical (unpaired) electrons. The number of hydrogen-bond donors (Lipinski definition) is 0. The van der Waals surface area contributed by atoms with Crippen LogP contribution >= 0.6 is 0 Å². The number of nitrogens with zero attached hydrogens (tertiary/aromatic N) is 3. The molecule has 0 saturated carbocycles. The largest absolute Gasteiger partial charge is 0.496 e. The molecule has 2 heterocycles. The molecule has 0 fully saturated rings. The Hall–Kier alpha value is -1.58. The van der Waals surface area contributed by atoms with Gasteiger partial charge in [0, 0.05) is 18.5 Å². The van der Waals surface area contributed by atoms with Crippen LogP contribution in [0.25, 0.3) is 11.0 Å². The van der Waals surface area contributed by atoms with Crippen molar-refractivity contribution in [3.05, 3.63) is 17.5 Å². The predicted octanol–water partition coefficient (Wildman–Crippen LogP) is 2.58. The van der Waals surface area contributed by atoms with E-state index in [4.69, 9.17) is 9.72 Å². The van der Waals surface area contributed by atoms with E-state index in [0.717, 1.165) is 28.2 Å². The Balaban J connectivity index is 2.82. The van der Waals surface area contributed by atoms with Crippen molar-refractivity contribution in [2.24, 2.45) is 7.05 Å². The zero-order valence-corrected chi connectivity index (χ0v) is 11.3. The van der Waals surface area contributed by atoms with Crippen molar-refractivity contribution in [3.8, 4) is 5.75 Å². The van der Waals surface area contributed by atoms with Crippen molar-refractivity contribution in [2.75, 3.05) is 7.11 Å². The summed E-state index contributed by atoms with van der Waals surface area (Å²) < 4.78 is 7.27. The van der Waals surface area contributed by atoms with Crippen molar-refractivity contribution >= 4 is 11.0 Å². The molecule has 0 spiro atoms. The normalized spacial score (nSPS) is 12.1. The van der Waals surface area contributed by atoms with E-state index in [2.05, 4.69) is 25.9 Å². The van der Waals surface area contributed by atoms with Gasteiger partial charge < -0.3 is 4.74 Å². The lowest BCUT2D eigenvalue weighted by atomic mass is 9.91. The molecule has 0 aliphatic rings. The molecule has 0 saturated heterocycles. The first-order valence-corrected chi connectivity index (χ1v) is 5.73. The van der Waals surface area contributed by atoms with Crippen LogP contribution in [0.15, 0.2) is 6.07 Å². The van der Waals surface area contributed by atoms with Crippen LogP contribution in [0.5, 0.6) is 5.75 Å². The SMILES string of the molecule is COc1cc(C(C)(C)C)nc2c1c(C)nn2C. The van der Waals surface area contributed by atoms with Gasteiger partial charge >= 0.3 is 0 Å². The molecule has 4 heteroatoms. The maximum atomic E-state index is 5.46. The average Bonchev–Trinajstić information content (AvgIpc) is 2.52. The number of aromatic nitrogens is 3. The quantitative estimate of drug-likeness (QED) is 0.760. The summed E-state index contributed by atoms with van der Waals surface area (Å²) >= 11 is 0. The predicted molar refractivity (Wildman–Crippen MR) is 68.5 cm³/mol. The summed E-state index contributed by atoms with van der Waals surface area (Å²) in [6, 6.07) is 2.01. The van der Waals surface area contributed by atoms with Gasteiger partial charge in [-0.05, 0) is 6.92 Å². The van der Waals surface area contributed by atoms with Crippen molar-refractivity contribution in [1.82, 2.24) is 14.8 Å². The van der Waals surface area contributed by atoms with E-state index in [1.165, 1.54) is 0 Å². The van der Waals surface area contributed by atoms with Gasteiger partial charge in [-0.25, -0.2) is 4.98 Å². The van der Waals surface area contributed by atoms with Gasteiger partial charge in [-0.1, -0.05) is 20.8 Å². The second-order valence-corrected chi connectivity index (χ2v) is 5.37. The van der Waals surface area contributed by atoms with E-state index in [1.54, 1.807) is 7.11 Å². The maximum Gasteiger partial charge on any atom is 0.161 e. The van der Waals surface area contributed by atoms with Crippen molar-refractivity contribution in [2.45, 2.75) is 33.1 Å². The lowest BCUT2D eigenvalue weighted by Gasteiger charge is -2.18. The molecule has 2 rings (SSSR count). The molecular formula is C13H19N3O. The van der Waals surface area contributed by atoms with Crippen LogP contribution in [0.1, 0.15) is 32.2 Å². The molecular weight excluding hydrogens is 214 g/mol. The molecule has 0 N–H and O–H groups in total. The van der Waals surface area contributed by atoms with Gasteiger partial charge in [-0.3, -0.25) is 4.68 Å². The molecule has 0 aliphatic heterocycles. The third kappa shape index (κ3) is 1.88. The Morgan fingerprint density at radius 1 is 1.29 bits per heavy atom. The average molecular weight is 233 g/mol. The summed E-state index contributed by atoms with van der Waals surface area (Å²) in [5, 5.41) is 5.40. The fourth-order valence-electron chi connectivity index (χ4n) is 1.95. The van der Waals surface area contributed by atoms with Gasteiger partial charge in [-0.15, -0.1) is 0 Å². The van der Waals surface area contributed by atoms with E-state index >= 15 is 0 Å². The number of fused-ring (bicyclic) bond motifs is 1. The van der Waals surface area contributed by atoms with Crippen molar-refractivity contribution in [3.63, 3.8) is 0 Å². The lowest BCUT2D eigenvalue weighted by Crippen LogP contribution is -2.14. The molecule has 2 aromatic rings. The van der Waals surface area contributed by atoms with Crippen LogP contribution in [0, 0.1) is 6.92 Å². The van der Waals surface area contributed by atoms with E-state index < -0.39 is 0 Å². The number of rotatable bonds is 1. The Morgan fingerprint density at radius 3 is 2.47 bits per heavy atom. The fraction of sp³-hybridized carbons (Fsp3) is 0.538. The fourth-order valence-corrected chi connectivity index (χ4v) is 1.95. The molecule has 0 atom stereocenters. The molecule has 0 bridgehead atoms. The number of aryl methyl sites for hydroxylation is 2. The highest BCUT2D eigenvalue weighted by Crippen LogP contribution is 2.32. The summed E-state index contributed by atoms with van der Waals surface area (Å²) in [5.74, 6) is 0.852. The van der Waals surface area contributed by atoms with Gasteiger partial charge in [0.2, 0.25) is 0 Å². The minimum Gasteiger partial charge on any atom is -0.496 e. The molecule has 92 valence electrons. The Bertz CT molecular complexity index is 564. The number of ether oxygens (including phenoxy) is 1. The Morgan fingerprint density at radius 2 is 1.94 bits per heavy atom. The highest BCUT2D eigenvalue weighted by molar-refractivity contribution is 5.85. The topological polar surface area (TPSA) is 39.9 Å². The summed E-state index contributed by atoms with van der Waals surface area (Å²) in [6.45, 7) is 8.40. The van der Waals surface area contributed by atoms with Gasteiger partial charge in [0.25, 0.3) is 0 Å². The van der Waals surface area contributed by atoms with Gasteiger partial charge in [0.05, 0.1) is 23.9 Å². The summed E-state index contributed by atoms with van der Waals surface area (Å²) in [7, 11) is 3.60. The minimum absolute atomic E-state index is 0.000352. The first-order valence-electron chi connectivity index (χ1n) is 5.73. The molecule has 0 amide bonds. The highest BCUT2D eigenvalue weighted by atomic mass is 16.5. The standard InChI is InChI=1S/C13H19N3O/c1-8-11-9(17-6)7-10(13(2,3)4)14-12(11)16(5)15-8/h7H,1-6H3. The maximum absolute atomic E-state index is 5.46. The van der Waals surface area contributed by atoms with Gasteiger partial charge in [0.15, 0.2) is 5.65 Å². The second-order valence-electron chi connectivity index (χ2n) is 5.37. The zero-order valence-electron chi connectivity index (χ0n) is 11.3. The first kappa shape index (κ1) is 11.9. The van der Waals surface area contributed by atoms with E-state index in [9.17, 15) is 0 Å². The summed E-state index contributed by atoms with van der Waals surface area (Å²) in [5.41, 5.74) is 2.85. The smallest absolute Gasteiger partial charge is 0.161 e. The Kier molecular flexibility index (Phi) is 2.60. The van der Waals surface area contributed by atoms with Crippen LogP contribution in [-0.4, -0.2) is 21.9 Å². The molecule has 4 nitrogen and oxygen atoms in total. The van der Waals surface area contributed by atoms with Crippen LogP contribution in [0.4, 0.5) is 0 Å². The molecule has 0 aliphatic carbocycles. The number of methoxy groups -OCH3 is 1. The highest BCUT2D eigenvalue weighted by Gasteiger charge is 2.21. The molecule has 17 heavy (non-hydrogen) atoms. The van der Waals surface area contributed by atoms with Crippen molar-refractivity contribution < 1.29 is 4.74 Å². The number of pyridine rings is 1.